The summed E-state index contributed by atoms with van der Waals surface area (Å²) in [5.41, 5.74) is 0.539. The monoisotopic (exact) mass is 334 g/mol. The van der Waals surface area contributed by atoms with E-state index in [1.165, 1.54) is 0 Å². The summed E-state index contributed by atoms with van der Waals surface area (Å²) >= 11 is 0. The number of amides is 2. The van der Waals surface area contributed by atoms with E-state index in [2.05, 4.69) is 5.32 Å². The van der Waals surface area contributed by atoms with Gasteiger partial charge in [0.2, 0.25) is 5.91 Å². The van der Waals surface area contributed by atoms with Crippen LogP contribution in [0.1, 0.15) is 43.0 Å². The van der Waals surface area contributed by atoms with Crippen LogP contribution in [0.25, 0.3) is 0 Å². The number of piperidine rings is 1. The van der Waals surface area contributed by atoms with Crippen LogP contribution < -0.4 is 14.8 Å². The van der Waals surface area contributed by atoms with E-state index >= 15 is 0 Å². The average Bonchev–Trinajstić information content (AvgIpc) is 2.61. The molecule has 1 fully saturated rings. The number of carbonyl (C=O) groups excluding carboxylic acids is 2. The molecule has 1 heterocycles. The Morgan fingerprint density at radius 2 is 1.83 bits per heavy atom. The van der Waals surface area contributed by atoms with Gasteiger partial charge in [0.25, 0.3) is 5.91 Å². The molecule has 2 amide bonds. The second-order valence-electron chi connectivity index (χ2n) is 5.95. The Morgan fingerprint density at radius 1 is 1.17 bits per heavy atom. The molecular formula is C18H26N2O4. The number of likely N-dealkylation sites (tertiary alicyclic amines) is 1. The Labute approximate surface area is 143 Å². The number of nitrogens with one attached hydrogen (secondary N) is 1. The third-order valence-corrected chi connectivity index (χ3v) is 4.29. The molecule has 0 radical (unpaired) electrons. The largest absolute Gasteiger partial charge is 0.493 e. The minimum atomic E-state index is -0.130. The number of carbonyl (C=O) groups is 2. The number of hydrogen-bond donors (Lipinski definition) is 1. The Morgan fingerprint density at radius 3 is 2.42 bits per heavy atom. The molecule has 0 atom stereocenters. The number of methoxy groups -OCH3 is 2. The first-order valence-electron chi connectivity index (χ1n) is 8.39. The normalized spacial score (nSPS) is 15.0. The molecule has 0 spiro atoms. The fourth-order valence-electron chi connectivity index (χ4n) is 2.89. The second kappa shape index (κ2) is 8.57. The maximum atomic E-state index is 12.4. The molecule has 0 unspecified atom stereocenters. The third kappa shape index (κ3) is 4.40. The van der Waals surface area contributed by atoms with Crippen LogP contribution in [0.2, 0.25) is 0 Å². The van der Waals surface area contributed by atoms with Crippen LogP contribution in [0.15, 0.2) is 18.2 Å². The summed E-state index contributed by atoms with van der Waals surface area (Å²) in [6.07, 6.45) is 3.04. The number of hydrogen-bond acceptors (Lipinski definition) is 4. The zero-order valence-electron chi connectivity index (χ0n) is 14.6. The predicted octanol–water partition coefficient (Wildman–Crippen LogP) is 2.22. The highest BCUT2D eigenvalue weighted by Gasteiger charge is 2.24. The van der Waals surface area contributed by atoms with Crippen molar-refractivity contribution in [3.63, 3.8) is 0 Å². The number of ether oxygens (including phenoxy) is 2. The molecule has 1 aliphatic heterocycles. The van der Waals surface area contributed by atoms with E-state index in [-0.39, 0.29) is 17.9 Å². The van der Waals surface area contributed by atoms with E-state index in [0.717, 1.165) is 19.3 Å². The Balaban J connectivity index is 1.91. The third-order valence-electron chi connectivity index (χ3n) is 4.29. The Hall–Kier alpha value is -2.24. The standard InChI is InChI=1S/C18H26N2O4/c1-4-5-17(21)20-10-8-14(9-11-20)19-18(22)13-6-7-15(23-2)16(12-13)24-3/h6-7,12,14H,4-5,8-11H2,1-3H3,(H,19,22). The zero-order valence-corrected chi connectivity index (χ0v) is 14.6. The second-order valence-corrected chi connectivity index (χ2v) is 5.95. The van der Waals surface area contributed by atoms with E-state index in [4.69, 9.17) is 9.47 Å². The van der Waals surface area contributed by atoms with Crippen LogP contribution in [0.4, 0.5) is 0 Å². The van der Waals surface area contributed by atoms with E-state index in [1.54, 1.807) is 32.4 Å². The quantitative estimate of drug-likeness (QED) is 0.866. The zero-order chi connectivity index (χ0) is 17.5. The van der Waals surface area contributed by atoms with Crippen molar-refractivity contribution in [2.45, 2.75) is 38.6 Å². The lowest BCUT2D eigenvalue weighted by Gasteiger charge is -2.32. The molecule has 0 bridgehead atoms. The summed E-state index contributed by atoms with van der Waals surface area (Å²) in [6.45, 7) is 3.42. The van der Waals surface area contributed by atoms with Crippen molar-refractivity contribution < 1.29 is 19.1 Å². The highest BCUT2D eigenvalue weighted by Crippen LogP contribution is 2.27. The van der Waals surface area contributed by atoms with Crippen LogP contribution >= 0.6 is 0 Å². The molecule has 1 aromatic carbocycles. The van der Waals surface area contributed by atoms with E-state index < -0.39 is 0 Å². The summed E-state index contributed by atoms with van der Waals surface area (Å²) in [5, 5.41) is 3.04. The van der Waals surface area contributed by atoms with Gasteiger partial charge in [0, 0.05) is 31.1 Å². The van der Waals surface area contributed by atoms with Crippen molar-refractivity contribution in [2.24, 2.45) is 0 Å². The molecule has 6 heteroatoms. The molecule has 1 aromatic rings. The lowest BCUT2D eigenvalue weighted by molar-refractivity contribution is -0.132. The molecule has 1 N–H and O–H groups in total. The van der Waals surface area contributed by atoms with Gasteiger partial charge in [-0.1, -0.05) is 6.92 Å². The molecule has 1 aliphatic rings. The summed E-state index contributed by atoms with van der Waals surface area (Å²) in [7, 11) is 3.10. The topological polar surface area (TPSA) is 67.9 Å². The van der Waals surface area contributed by atoms with Crippen molar-refractivity contribution in [2.75, 3.05) is 27.3 Å². The molecule has 0 saturated carbocycles. The van der Waals surface area contributed by atoms with Gasteiger partial charge in [-0.2, -0.15) is 0 Å². The van der Waals surface area contributed by atoms with Gasteiger partial charge in [-0.25, -0.2) is 0 Å². The maximum absolute atomic E-state index is 12.4. The van der Waals surface area contributed by atoms with E-state index in [0.29, 0.717) is 36.6 Å². The first-order valence-corrected chi connectivity index (χ1v) is 8.39. The number of rotatable bonds is 6. The summed E-state index contributed by atoms with van der Waals surface area (Å²) in [6, 6.07) is 5.21. The van der Waals surface area contributed by atoms with Crippen molar-refractivity contribution in [3.05, 3.63) is 23.8 Å². The van der Waals surface area contributed by atoms with Gasteiger partial charge in [0.05, 0.1) is 14.2 Å². The minimum Gasteiger partial charge on any atom is -0.493 e. The van der Waals surface area contributed by atoms with Gasteiger partial charge in [-0.05, 0) is 37.5 Å². The first-order chi connectivity index (χ1) is 11.6. The molecule has 0 aliphatic carbocycles. The Bertz CT molecular complexity index is 580. The molecule has 0 aromatic heterocycles. The van der Waals surface area contributed by atoms with E-state index in [1.807, 2.05) is 11.8 Å². The fraction of sp³-hybridized carbons (Fsp3) is 0.556. The summed E-state index contributed by atoms with van der Waals surface area (Å²) in [4.78, 5) is 26.2. The Kier molecular flexibility index (Phi) is 6.46. The van der Waals surface area contributed by atoms with Crippen molar-refractivity contribution in [1.82, 2.24) is 10.2 Å². The van der Waals surface area contributed by atoms with Gasteiger partial charge < -0.3 is 19.7 Å². The maximum Gasteiger partial charge on any atom is 0.251 e. The van der Waals surface area contributed by atoms with Gasteiger partial charge in [-0.15, -0.1) is 0 Å². The molecule has 132 valence electrons. The van der Waals surface area contributed by atoms with Gasteiger partial charge in [0.1, 0.15) is 0 Å². The summed E-state index contributed by atoms with van der Waals surface area (Å²) in [5.74, 6) is 1.21. The van der Waals surface area contributed by atoms with Crippen LogP contribution in [-0.2, 0) is 4.79 Å². The molecule has 1 saturated heterocycles. The van der Waals surface area contributed by atoms with Crippen LogP contribution in [0.5, 0.6) is 11.5 Å². The van der Waals surface area contributed by atoms with Crippen LogP contribution in [0, 0.1) is 0 Å². The highest BCUT2D eigenvalue weighted by atomic mass is 16.5. The van der Waals surface area contributed by atoms with Crippen LogP contribution in [0.3, 0.4) is 0 Å². The summed E-state index contributed by atoms with van der Waals surface area (Å²) < 4.78 is 10.4. The van der Waals surface area contributed by atoms with Crippen molar-refractivity contribution in [3.8, 4) is 11.5 Å². The lowest BCUT2D eigenvalue weighted by Crippen LogP contribution is -2.46. The number of nitrogens with zero attached hydrogens (tertiary/aromatic N) is 1. The SMILES string of the molecule is CCCC(=O)N1CCC(NC(=O)c2ccc(OC)c(OC)c2)CC1. The molecule has 6 nitrogen and oxygen atoms in total. The number of benzene rings is 1. The first kappa shape index (κ1) is 18.1. The van der Waals surface area contributed by atoms with E-state index in [9.17, 15) is 9.59 Å². The minimum absolute atomic E-state index is 0.0938. The fourth-order valence-corrected chi connectivity index (χ4v) is 2.89. The van der Waals surface area contributed by atoms with Crippen molar-refractivity contribution >= 4 is 11.8 Å². The molecule has 2 rings (SSSR count). The van der Waals surface area contributed by atoms with Crippen molar-refractivity contribution in [1.29, 1.82) is 0 Å². The predicted molar refractivity (Wildman–Crippen MR) is 91.5 cm³/mol. The smallest absolute Gasteiger partial charge is 0.251 e. The lowest BCUT2D eigenvalue weighted by atomic mass is 10.0. The van der Waals surface area contributed by atoms with Gasteiger partial charge in [0.15, 0.2) is 11.5 Å². The average molecular weight is 334 g/mol. The van der Waals surface area contributed by atoms with Gasteiger partial charge >= 0.3 is 0 Å². The molecular weight excluding hydrogens is 308 g/mol. The van der Waals surface area contributed by atoms with Crippen LogP contribution in [-0.4, -0.2) is 50.1 Å². The van der Waals surface area contributed by atoms with Gasteiger partial charge in [-0.3, -0.25) is 9.59 Å². The highest BCUT2D eigenvalue weighted by molar-refractivity contribution is 5.95. The molecule has 24 heavy (non-hydrogen) atoms.